The molecular weight excluding hydrogens is 463 g/mol. The summed E-state index contributed by atoms with van der Waals surface area (Å²) < 4.78 is 50.0. The highest BCUT2D eigenvalue weighted by molar-refractivity contribution is 7.88. The number of hydrogen-bond donors (Lipinski definition) is 2. The number of nitrogens with zero attached hydrogens (tertiary/aromatic N) is 2. The summed E-state index contributed by atoms with van der Waals surface area (Å²) in [6, 6.07) is 7.92. The van der Waals surface area contributed by atoms with E-state index in [0.717, 1.165) is 24.8 Å². The second kappa shape index (κ2) is 9.85. The zero-order valence-corrected chi connectivity index (χ0v) is 20.0. The third kappa shape index (κ3) is 6.22. The number of amides is 1. The molecule has 184 valence electrons. The first-order valence-corrected chi connectivity index (χ1v) is 13.0. The summed E-state index contributed by atoms with van der Waals surface area (Å²) in [5.74, 6) is -0.0459. The Morgan fingerprint density at radius 1 is 1.32 bits per heavy atom. The molecule has 0 radical (unpaired) electrons. The lowest BCUT2D eigenvalue weighted by molar-refractivity contribution is 0.0442. The number of halogens is 1. The van der Waals surface area contributed by atoms with Gasteiger partial charge in [-0.1, -0.05) is 0 Å². The number of pyridine rings is 1. The summed E-state index contributed by atoms with van der Waals surface area (Å²) in [5.41, 5.74) is 1.36. The van der Waals surface area contributed by atoms with Crippen molar-refractivity contribution in [2.45, 2.75) is 30.9 Å². The number of anilines is 1. The smallest absolute Gasteiger partial charge is 0.270 e. The van der Waals surface area contributed by atoms with Crippen LogP contribution in [0.5, 0.6) is 5.75 Å². The predicted octanol–water partition coefficient (Wildman–Crippen LogP) is 1.49. The molecule has 2 N–H and O–H groups in total. The van der Waals surface area contributed by atoms with Crippen LogP contribution in [0.4, 0.5) is 10.1 Å². The molecule has 4 rings (SSSR count). The van der Waals surface area contributed by atoms with Gasteiger partial charge in [0.05, 0.1) is 26.1 Å². The number of carbonyl (C=O) groups excluding carboxylic acids is 1. The molecule has 1 aromatic heterocycles. The lowest BCUT2D eigenvalue weighted by Gasteiger charge is -2.34. The lowest BCUT2D eigenvalue weighted by Crippen LogP contribution is -2.47. The number of nitrogens with one attached hydrogen (secondary N) is 2. The Morgan fingerprint density at radius 2 is 2.12 bits per heavy atom. The van der Waals surface area contributed by atoms with E-state index in [4.69, 9.17) is 9.47 Å². The second-order valence-electron chi connectivity index (χ2n) is 8.83. The van der Waals surface area contributed by atoms with Crippen molar-refractivity contribution in [3.8, 4) is 5.75 Å². The van der Waals surface area contributed by atoms with E-state index in [1.807, 2.05) is 11.0 Å². The van der Waals surface area contributed by atoms with Gasteiger partial charge in [-0.05, 0) is 55.2 Å². The van der Waals surface area contributed by atoms with Crippen LogP contribution in [0.1, 0.15) is 28.9 Å². The molecule has 1 aromatic carbocycles. The van der Waals surface area contributed by atoms with Crippen LogP contribution < -0.4 is 19.7 Å². The number of ether oxygens (including phenoxy) is 2. The van der Waals surface area contributed by atoms with Crippen LogP contribution in [0.2, 0.25) is 0 Å². The van der Waals surface area contributed by atoms with Gasteiger partial charge in [0.1, 0.15) is 17.3 Å². The Hall–Kier alpha value is -2.76. The second-order valence-corrected chi connectivity index (χ2v) is 10.7. The molecule has 1 saturated heterocycles. The minimum Gasteiger partial charge on any atom is -0.496 e. The van der Waals surface area contributed by atoms with Crippen LogP contribution in [-0.2, 0) is 21.2 Å². The van der Waals surface area contributed by atoms with Crippen molar-refractivity contribution in [1.29, 1.82) is 0 Å². The van der Waals surface area contributed by atoms with E-state index >= 15 is 0 Å². The van der Waals surface area contributed by atoms with Gasteiger partial charge < -0.3 is 19.7 Å². The van der Waals surface area contributed by atoms with Gasteiger partial charge in [0.15, 0.2) is 0 Å². The standard InChI is InChI=1S/C23H29FN4O5S/c1-32-21-4-3-17(24)11-16(21)13-23(6-7-23)27-22(29)20-12-18(5-8-25-20)28-9-10-33-19(15-28)14-26-34(2,30)31/h3-5,8,11-12,19,26H,6-7,9-10,13-15H2,1-2H3,(H,27,29). The molecule has 2 aliphatic rings. The summed E-state index contributed by atoms with van der Waals surface area (Å²) in [5, 5.41) is 3.08. The molecule has 2 heterocycles. The van der Waals surface area contributed by atoms with Gasteiger partial charge in [-0.2, -0.15) is 0 Å². The predicted molar refractivity (Wildman–Crippen MR) is 125 cm³/mol. The fraction of sp³-hybridized carbons (Fsp3) is 0.478. The zero-order valence-electron chi connectivity index (χ0n) is 19.2. The van der Waals surface area contributed by atoms with Crippen molar-refractivity contribution >= 4 is 21.6 Å². The Balaban J connectivity index is 1.42. The molecule has 1 atom stereocenters. The van der Waals surface area contributed by atoms with E-state index < -0.39 is 15.6 Å². The van der Waals surface area contributed by atoms with E-state index in [1.165, 1.54) is 19.2 Å². The largest absolute Gasteiger partial charge is 0.496 e. The average molecular weight is 493 g/mol. The summed E-state index contributed by atoms with van der Waals surface area (Å²) in [7, 11) is -1.77. The van der Waals surface area contributed by atoms with E-state index in [0.29, 0.717) is 37.4 Å². The van der Waals surface area contributed by atoms with Crippen molar-refractivity contribution in [3.63, 3.8) is 0 Å². The maximum Gasteiger partial charge on any atom is 0.270 e. The number of aromatic nitrogens is 1. The Bertz CT molecular complexity index is 1160. The van der Waals surface area contributed by atoms with Gasteiger partial charge >= 0.3 is 0 Å². The molecule has 1 aliphatic heterocycles. The molecule has 34 heavy (non-hydrogen) atoms. The highest BCUT2D eigenvalue weighted by Gasteiger charge is 2.45. The van der Waals surface area contributed by atoms with Crippen molar-refractivity contribution in [3.05, 3.63) is 53.6 Å². The Morgan fingerprint density at radius 3 is 2.82 bits per heavy atom. The van der Waals surface area contributed by atoms with E-state index in [2.05, 4.69) is 15.0 Å². The minimum absolute atomic E-state index is 0.180. The minimum atomic E-state index is -3.30. The first kappa shape index (κ1) is 24.4. The number of sulfonamides is 1. The number of hydrogen-bond acceptors (Lipinski definition) is 7. The summed E-state index contributed by atoms with van der Waals surface area (Å²) >= 11 is 0. The molecule has 0 bridgehead atoms. The number of rotatable bonds is 9. The van der Waals surface area contributed by atoms with Crippen LogP contribution in [0.15, 0.2) is 36.5 Å². The third-order valence-corrected chi connectivity index (χ3v) is 6.75. The van der Waals surface area contributed by atoms with Gasteiger partial charge in [0.25, 0.3) is 5.91 Å². The Kier molecular flexibility index (Phi) is 7.06. The first-order chi connectivity index (χ1) is 16.2. The van der Waals surface area contributed by atoms with Crippen LogP contribution in [0, 0.1) is 5.82 Å². The summed E-state index contributed by atoms with van der Waals surface area (Å²) in [6.07, 6.45) is 4.44. The third-order valence-electron chi connectivity index (χ3n) is 6.06. The van der Waals surface area contributed by atoms with Crippen LogP contribution in [0.3, 0.4) is 0 Å². The van der Waals surface area contributed by atoms with Gasteiger partial charge in [-0.25, -0.2) is 17.5 Å². The molecule has 1 aliphatic carbocycles. The monoisotopic (exact) mass is 492 g/mol. The summed E-state index contributed by atoms with van der Waals surface area (Å²) in [4.78, 5) is 19.3. The average Bonchev–Trinajstić information content (AvgIpc) is 3.56. The normalized spacial score (nSPS) is 19.5. The van der Waals surface area contributed by atoms with Crippen molar-refractivity contribution in [1.82, 2.24) is 15.0 Å². The number of methoxy groups -OCH3 is 1. The van der Waals surface area contributed by atoms with Crippen molar-refractivity contribution in [2.75, 3.05) is 44.5 Å². The fourth-order valence-corrected chi connectivity index (χ4v) is 4.60. The van der Waals surface area contributed by atoms with E-state index in [1.54, 1.807) is 18.3 Å². The molecular formula is C23H29FN4O5S. The summed E-state index contributed by atoms with van der Waals surface area (Å²) in [6.45, 7) is 1.72. The van der Waals surface area contributed by atoms with Crippen LogP contribution >= 0.6 is 0 Å². The molecule has 9 nitrogen and oxygen atoms in total. The fourth-order valence-electron chi connectivity index (χ4n) is 4.11. The van der Waals surface area contributed by atoms with Crippen molar-refractivity contribution < 1.29 is 27.1 Å². The van der Waals surface area contributed by atoms with Crippen molar-refractivity contribution in [2.24, 2.45) is 0 Å². The zero-order chi connectivity index (χ0) is 24.3. The lowest BCUT2D eigenvalue weighted by atomic mass is 10.0. The van der Waals surface area contributed by atoms with E-state index in [-0.39, 0.29) is 30.1 Å². The van der Waals surface area contributed by atoms with Gasteiger partial charge in [0.2, 0.25) is 10.0 Å². The van der Waals surface area contributed by atoms with Gasteiger partial charge in [0, 0.05) is 37.1 Å². The molecule has 2 aromatic rings. The topological polar surface area (TPSA) is 110 Å². The molecule has 11 heteroatoms. The maximum atomic E-state index is 13.8. The molecule has 1 unspecified atom stereocenters. The molecule has 0 spiro atoms. The van der Waals surface area contributed by atoms with Crippen LogP contribution in [0.25, 0.3) is 0 Å². The maximum absolute atomic E-state index is 13.8. The van der Waals surface area contributed by atoms with Crippen LogP contribution in [-0.4, -0.2) is 70.6 Å². The molecule has 1 saturated carbocycles. The van der Waals surface area contributed by atoms with Gasteiger partial charge in [-0.15, -0.1) is 0 Å². The Labute approximate surface area is 198 Å². The number of morpholine rings is 1. The van der Waals surface area contributed by atoms with E-state index in [9.17, 15) is 17.6 Å². The number of benzene rings is 1. The quantitative estimate of drug-likeness (QED) is 0.546. The molecule has 1 amide bonds. The highest BCUT2D eigenvalue weighted by atomic mass is 32.2. The number of carbonyl (C=O) groups is 1. The highest BCUT2D eigenvalue weighted by Crippen LogP contribution is 2.40. The molecule has 2 fully saturated rings. The first-order valence-electron chi connectivity index (χ1n) is 11.1. The van der Waals surface area contributed by atoms with Gasteiger partial charge in [-0.3, -0.25) is 9.78 Å². The SMILES string of the molecule is COc1ccc(F)cc1CC1(NC(=O)c2cc(N3CCOC(CNS(C)(=O)=O)C3)ccn2)CC1.